The standard InChI is InChI=1S/C21H32O3/c1-3-4-5-6-7-10-13-18-16-17-20(22)19(18)14-11-8-9-12-15-21(23)24-2/h7-8,10-11,16-19H,3-6,9,12-15H2,1-2H3/b10-7-,11-8-/t18?,19-/m1/s1. The SMILES string of the molecule is CCCCC/C=C\CC1C=CC(=O)[C@@H]1C/C=C\CCCC(=O)OC. The maximum Gasteiger partial charge on any atom is 0.305 e. The molecule has 0 aliphatic heterocycles. The third-order valence-electron chi connectivity index (χ3n) is 4.48. The molecular formula is C21H32O3. The number of ether oxygens (including phenoxy) is 1. The van der Waals surface area contributed by atoms with Crippen molar-refractivity contribution in [2.75, 3.05) is 7.11 Å². The number of unbranched alkanes of at least 4 members (excludes halogenated alkanes) is 4. The van der Waals surface area contributed by atoms with Crippen LogP contribution in [0.4, 0.5) is 0 Å². The number of ketones is 1. The Morgan fingerprint density at radius 3 is 2.50 bits per heavy atom. The lowest BCUT2D eigenvalue weighted by molar-refractivity contribution is -0.140. The molecule has 0 radical (unpaired) electrons. The molecule has 0 N–H and O–H groups in total. The first-order valence-electron chi connectivity index (χ1n) is 9.27. The van der Waals surface area contributed by atoms with E-state index in [2.05, 4.69) is 42.0 Å². The maximum absolute atomic E-state index is 12.0. The monoisotopic (exact) mass is 332 g/mol. The summed E-state index contributed by atoms with van der Waals surface area (Å²) in [6.07, 6.45) is 21.2. The van der Waals surface area contributed by atoms with E-state index in [0.717, 1.165) is 32.1 Å². The van der Waals surface area contributed by atoms with Crippen molar-refractivity contribution in [3.8, 4) is 0 Å². The molecule has 24 heavy (non-hydrogen) atoms. The van der Waals surface area contributed by atoms with Crippen LogP contribution in [0.5, 0.6) is 0 Å². The molecule has 0 heterocycles. The van der Waals surface area contributed by atoms with Gasteiger partial charge in [0.2, 0.25) is 0 Å². The molecule has 0 saturated carbocycles. The van der Waals surface area contributed by atoms with Crippen LogP contribution >= 0.6 is 0 Å². The van der Waals surface area contributed by atoms with Crippen molar-refractivity contribution >= 4 is 11.8 Å². The van der Waals surface area contributed by atoms with Crippen molar-refractivity contribution in [3.63, 3.8) is 0 Å². The van der Waals surface area contributed by atoms with E-state index in [1.165, 1.54) is 26.4 Å². The molecule has 0 amide bonds. The molecule has 1 aliphatic carbocycles. The van der Waals surface area contributed by atoms with Gasteiger partial charge in [-0.1, -0.05) is 50.1 Å². The Kier molecular flexibility index (Phi) is 10.8. The van der Waals surface area contributed by atoms with E-state index >= 15 is 0 Å². The minimum Gasteiger partial charge on any atom is -0.469 e. The van der Waals surface area contributed by atoms with Gasteiger partial charge < -0.3 is 4.74 Å². The number of rotatable bonds is 12. The lowest BCUT2D eigenvalue weighted by Crippen LogP contribution is -2.14. The molecule has 134 valence electrons. The van der Waals surface area contributed by atoms with Gasteiger partial charge in [0.25, 0.3) is 0 Å². The average molecular weight is 332 g/mol. The second kappa shape index (κ2) is 12.7. The van der Waals surface area contributed by atoms with Gasteiger partial charge in [-0.05, 0) is 50.5 Å². The largest absolute Gasteiger partial charge is 0.469 e. The normalized spacial score (nSPS) is 20.5. The molecule has 2 atom stereocenters. The molecule has 3 nitrogen and oxygen atoms in total. The second-order valence-electron chi connectivity index (χ2n) is 6.41. The fourth-order valence-corrected chi connectivity index (χ4v) is 2.93. The highest BCUT2D eigenvalue weighted by Crippen LogP contribution is 2.29. The van der Waals surface area contributed by atoms with Gasteiger partial charge in [0.1, 0.15) is 0 Å². The summed E-state index contributed by atoms with van der Waals surface area (Å²) in [5.74, 6) is 0.504. The molecule has 0 aromatic rings. The molecule has 3 heteroatoms. The van der Waals surface area contributed by atoms with E-state index in [4.69, 9.17) is 0 Å². The van der Waals surface area contributed by atoms with Crippen LogP contribution in [-0.2, 0) is 14.3 Å². The predicted molar refractivity (Wildman–Crippen MR) is 98.7 cm³/mol. The van der Waals surface area contributed by atoms with Crippen LogP contribution in [0.25, 0.3) is 0 Å². The zero-order chi connectivity index (χ0) is 17.6. The molecule has 0 fully saturated rings. The van der Waals surface area contributed by atoms with Crippen LogP contribution in [0.1, 0.15) is 64.7 Å². The van der Waals surface area contributed by atoms with Crippen molar-refractivity contribution < 1.29 is 14.3 Å². The van der Waals surface area contributed by atoms with E-state index in [1.54, 1.807) is 6.08 Å². The van der Waals surface area contributed by atoms with Crippen molar-refractivity contribution in [2.24, 2.45) is 11.8 Å². The Bertz CT molecular complexity index is 460. The highest BCUT2D eigenvalue weighted by Gasteiger charge is 2.27. The van der Waals surface area contributed by atoms with Crippen LogP contribution in [0.15, 0.2) is 36.5 Å². The van der Waals surface area contributed by atoms with Gasteiger partial charge in [0, 0.05) is 12.3 Å². The minimum atomic E-state index is -0.163. The Morgan fingerprint density at radius 1 is 1.08 bits per heavy atom. The third kappa shape index (κ3) is 8.28. The van der Waals surface area contributed by atoms with Crippen LogP contribution in [0.3, 0.4) is 0 Å². The average Bonchev–Trinajstić information content (AvgIpc) is 2.94. The van der Waals surface area contributed by atoms with Gasteiger partial charge in [0.05, 0.1) is 7.11 Å². The number of methoxy groups -OCH3 is 1. The van der Waals surface area contributed by atoms with Crippen LogP contribution in [-0.4, -0.2) is 18.9 Å². The van der Waals surface area contributed by atoms with E-state index in [-0.39, 0.29) is 17.7 Å². The molecule has 0 aromatic heterocycles. The first kappa shape index (κ1) is 20.4. The number of hydrogen-bond donors (Lipinski definition) is 0. The van der Waals surface area contributed by atoms with Gasteiger partial charge in [-0.15, -0.1) is 0 Å². The number of esters is 1. The van der Waals surface area contributed by atoms with E-state index in [9.17, 15) is 9.59 Å². The predicted octanol–water partition coefficient (Wildman–Crippen LogP) is 5.17. The summed E-state index contributed by atoms with van der Waals surface area (Å²) >= 11 is 0. The molecule has 1 rings (SSSR count). The second-order valence-corrected chi connectivity index (χ2v) is 6.41. The lowest BCUT2D eigenvalue weighted by Gasteiger charge is -2.14. The van der Waals surface area contributed by atoms with Crippen molar-refractivity contribution in [1.82, 2.24) is 0 Å². The number of allylic oxidation sites excluding steroid dienone is 6. The fourth-order valence-electron chi connectivity index (χ4n) is 2.93. The highest BCUT2D eigenvalue weighted by atomic mass is 16.5. The van der Waals surface area contributed by atoms with E-state index in [1.807, 2.05) is 0 Å². The zero-order valence-corrected chi connectivity index (χ0v) is 15.2. The number of carbonyl (C=O) groups excluding carboxylic acids is 2. The molecule has 0 aromatic carbocycles. The van der Waals surface area contributed by atoms with Crippen LogP contribution < -0.4 is 0 Å². The number of carbonyl (C=O) groups is 2. The van der Waals surface area contributed by atoms with Crippen LogP contribution in [0, 0.1) is 11.8 Å². The molecular weight excluding hydrogens is 300 g/mol. The summed E-state index contributed by atoms with van der Waals surface area (Å²) < 4.78 is 4.61. The van der Waals surface area contributed by atoms with Gasteiger partial charge in [-0.25, -0.2) is 0 Å². The van der Waals surface area contributed by atoms with Gasteiger partial charge >= 0.3 is 5.97 Å². The highest BCUT2D eigenvalue weighted by molar-refractivity contribution is 5.94. The summed E-state index contributed by atoms with van der Waals surface area (Å²) in [6, 6.07) is 0. The molecule has 0 saturated heterocycles. The summed E-state index contributed by atoms with van der Waals surface area (Å²) in [4.78, 5) is 23.0. The fraction of sp³-hybridized carbons (Fsp3) is 0.619. The maximum atomic E-state index is 12.0. The first-order valence-corrected chi connectivity index (χ1v) is 9.27. The third-order valence-corrected chi connectivity index (χ3v) is 4.48. The van der Waals surface area contributed by atoms with Crippen LogP contribution in [0.2, 0.25) is 0 Å². The first-order chi connectivity index (χ1) is 11.7. The molecule has 0 bridgehead atoms. The summed E-state index contributed by atoms with van der Waals surface area (Å²) in [5.41, 5.74) is 0. The Hall–Kier alpha value is -1.64. The Labute approximate surface area is 146 Å². The molecule has 1 aliphatic rings. The van der Waals surface area contributed by atoms with E-state index < -0.39 is 0 Å². The minimum absolute atomic E-state index is 0.0853. The topological polar surface area (TPSA) is 43.4 Å². The summed E-state index contributed by atoms with van der Waals surface area (Å²) in [6.45, 7) is 2.21. The lowest BCUT2D eigenvalue weighted by atomic mass is 9.88. The smallest absolute Gasteiger partial charge is 0.305 e. The van der Waals surface area contributed by atoms with Crippen molar-refractivity contribution in [2.45, 2.75) is 64.7 Å². The van der Waals surface area contributed by atoms with Crippen molar-refractivity contribution in [3.05, 3.63) is 36.5 Å². The quantitative estimate of drug-likeness (QED) is 0.281. The molecule has 0 spiro atoms. The summed E-state index contributed by atoms with van der Waals surface area (Å²) in [7, 11) is 1.41. The molecule has 1 unspecified atom stereocenters. The van der Waals surface area contributed by atoms with Gasteiger partial charge in [0.15, 0.2) is 5.78 Å². The Morgan fingerprint density at radius 2 is 1.79 bits per heavy atom. The Balaban J connectivity index is 2.26. The zero-order valence-electron chi connectivity index (χ0n) is 15.2. The van der Waals surface area contributed by atoms with Gasteiger partial charge in [-0.3, -0.25) is 9.59 Å². The van der Waals surface area contributed by atoms with Crippen molar-refractivity contribution in [1.29, 1.82) is 0 Å². The number of hydrogen-bond acceptors (Lipinski definition) is 3. The summed E-state index contributed by atoms with van der Waals surface area (Å²) in [5, 5.41) is 0. The van der Waals surface area contributed by atoms with E-state index in [0.29, 0.717) is 12.3 Å². The van der Waals surface area contributed by atoms with Gasteiger partial charge in [-0.2, -0.15) is 0 Å².